The highest BCUT2D eigenvalue weighted by molar-refractivity contribution is 6.39. The van der Waals surface area contributed by atoms with Crippen LogP contribution in [0, 0.1) is 11.6 Å². The molecule has 1 fully saturated rings. The molecule has 0 unspecified atom stereocenters. The van der Waals surface area contributed by atoms with Gasteiger partial charge in [-0.25, -0.2) is 13.6 Å². The molecule has 38 heavy (non-hydrogen) atoms. The summed E-state index contributed by atoms with van der Waals surface area (Å²) in [6.45, 7) is 2.30. The second kappa shape index (κ2) is 9.00. The fraction of sp³-hybridized carbons (Fsp3) is 0.348. The SMILES string of the molecule is [B]C1([B])n2c(cc(OCc3cc(F)c(Oc4ccnc(C(F)(F)F)c4)c(F)c3)nc2=O)N2CCOC[C@]21C. The highest BCUT2D eigenvalue weighted by atomic mass is 19.4. The van der Waals surface area contributed by atoms with E-state index < -0.39 is 58.2 Å². The summed E-state index contributed by atoms with van der Waals surface area (Å²) in [5, 5.41) is -1.62. The van der Waals surface area contributed by atoms with Gasteiger partial charge in [-0.15, -0.1) is 0 Å². The van der Waals surface area contributed by atoms with E-state index in [1.54, 1.807) is 6.92 Å². The van der Waals surface area contributed by atoms with Crippen LogP contribution in [0.2, 0.25) is 0 Å². The van der Waals surface area contributed by atoms with E-state index in [-0.39, 0.29) is 18.1 Å². The third kappa shape index (κ3) is 4.28. The molecule has 4 radical (unpaired) electrons. The van der Waals surface area contributed by atoms with E-state index >= 15 is 0 Å². The van der Waals surface area contributed by atoms with Gasteiger partial charge in [0, 0.05) is 24.9 Å². The van der Waals surface area contributed by atoms with Crippen LogP contribution in [0.4, 0.5) is 27.8 Å². The van der Waals surface area contributed by atoms with Crippen molar-refractivity contribution in [1.82, 2.24) is 14.5 Å². The topological polar surface area (TPSA) is 78.7 Å². The highest BCUT2D eigenvalue weighted by Crippen LogP contribution is 2.44. The second-order valence-electron chi connectivity index (χ2n) is 9.03. The standard InChI is InChI=1S/C23H17B2F5N4O4/c1-21-11-36-5-4-33(21)18-9-17(32-20(35)34(18)23(21,24)25)37-10-12-6-14(26)19(15(27)7-12)38-13-2-3-31-16(8-13)22(28,29)30/h2-3,6-9H,4-5,10-11H2,1H3/t21-/m0/s1. The Morgan fingerprint density at radius 3 is 2.55 bits per heavy atom. The van der Waals surface area contributed by atoms with Gasteiger partial charge in [-0.1, -0.05) is 0 Å². The summed E-state index contributed by atoms with van der Waals surface area (Å²) in [5.74, 6) is -3.51. The number of rotatable bonds is 5. The molecule has 0 saturated carbocycles. The summed E-state index contributed by atoms with van der Waals surface area (Å²) >= 11 is 0. The van der Waals surface area contributed by atoms with Crippen LogP contribution in [-0.2, 0) is 22.9 Å². The van der Waals surface area contributed by atoms with Crippen molar-refractivity contribution < 1.29 is 36.2 Å². The maximum atomic E-state index is 14.6. The van der Waals surface area contributed by atoms with Gasteiger partial charge in [-0.05, 0) is 36.0 Å². The number of fused-ring (bicyclic) bond motifs is 3. The zero-order chi connectivity index (χ0) is 27.5. The molecule has 2 aromatic heterocycles. The Morgan fingerprint density at radius 1 is 1.16 bits per heavy atom. The Morgan fingerprint density at radius 2 is 1.87 bits per heavy atom. The molecule has 194 valence electrons. The van der Waals surface area contributed by atoms with Gasteiger partial charge in [-0.2, -0.15) is 18.2 Å². The minimum Gasteiger partial charge on any atom is -0.473 e. The lowest BCUT2D eigenvalue weighted by Crippen LogP contribution is -2.65. The van der Waals surface area contributed by atoms with Crippen LogP contribution in [0.15, 0.2) is 41.3 Å². The number of pyridine rings is 1. The van der Waals surface area contributed by atoms with E-state index in [0.29, 0.717) is 25.0 Å². The first kappa shape index (κ1) is 26.0. The van der Waals surface area contributed by atoms with Crippen molar-refractivity contribution in [2.75, 3.05) is 24.7 Å². The molecule has 3 aromatic rings. The summed E-state index contributed by atoms with van der Waals surface area (Å²) < 4.78 is 85.0. The number of halogens is 5. The molecule has 0 spiro atoms. The summed E-state index contributed by atoms with van der Waals surface area (Å²) in [6.07, 6.45) is -3.96. The average molecular weight is 530 g/mol. The van der Waals surface area contributed by atoms with Crippen molar-refractivity contribution in [3.63, 3.8) is 0 Å². The Hall–Kier alpha value is -3.61. The number of ether oxygens (including phenoxy) is 3. The lowest BCUT2D eigenvalue weighted by Gasteiger charge is -2.47. The highest BCUT2D eigenvalue weighted by Gasteiger charge is 2.55. The Balaban J connectivity index is 1.36. The van der Waals surface area contributed by atoms with Gasteiger partial charge in [0.2, 0.25) is 5.88 Å². The van der Waals surface area contributed by atoms with Gasteiger partial charge < -0.3 is 19.1 Å². The van der Waals surface area contributed by atoms with Crippen LogP contribution >= 0.6 is 0 Å². The molecule has 2 aliphatic heterocycles. The molecule has 0 amide bonds. The van der Waals surface area contributed by atoms with Gasteiger partial charge in [0.15, 0.2) is 17.4 Å². The fourth-order valence-electron chi connectivity index (χ4n) is 4.46. The molecule has 1 saturated heterocycles. The molecule has 0 bridgehead atoms. The van der Waals surface area contributed by atoms with E-state index in [9.17, 15) is 26.7 Å². The van der Waals surface area contributed by atoms with Crippen LogP contribution < -0.4 is 20.1 Å². The fourth-order valence-corrected chi connectivity index (χ4v) is 4.46. The number of benzene rings is 1. The van der Waals surface area contributed by atoms with Crippen molar-refractivity contribution in [1.29, 1.82) is 0 Å². The number of hydrogen-bond donors (Lipinski definition) is 0. The summed E-state index contributed by atoms with van der Waals surface area (Å²) in [5.41, 5.74) is -2.99. The summed E-state index contributed by atoms with van der Waals surface area (Å²) in [7, 11) is 12.6. The molecular weight excluding hydrogens is 513 g/mol. The average Bonchev–Trinajstić information content (AvgIpc) is 3.02. The smallest absolute Gasteiger partial charge is 0.433 e. The van der Waals surface area contributed by atoms with Crippen LogP contribution in [-0.4, -0.2) is 55.5 Å². The number of nitrogens with zero attached hydrogens (tertiary/aromatic N) is 4. The lowest BCUT2D eigenvalue weighted by atomic mass is 9.52. The number of anilines is 1. The Kier molecular flexibility index (Phi) is 6.16. The maximum Gasteiger partial charge on any atom is 0.433 e. The van der Waals surface area contributed by atoms with Crippen molar-refractivity contribution in [2.45, 2.75) is 30.6 Å². The predicted molar refractivity (Wildman–Crippen MR) is 125 cm³/mol. The number of morpholine rings is 1. The van der Waals surface area contributed by atoms with Crippen LogP contribution in [0.25, 0.3) is 0 Å². The Labute approximate surface area is 215 Å². The molecule has 15 heteroatoms. The van der Waals surface area contributed by atoms with Gasteiger partial charge in [-0.3, -0.25) is 9.55 Å². The van der Waals surface area contributed by atoms with E-state index in [2.05, 4.69) is 9.97 Å². The van der Waals surface area contributed by atoms with E-state index in [1.165, 1.54) is 6.07 Å². The Bertz CT molecular complexity index is 1450. The molecule has 0 N–H and O–H groups in total. The quantitative estimate of drug-likeness (QED) is 0.371. The first-order chi connectivity index (χ1) is 17.8. The zero-order valence-electron chi connectivity index (χ0n) is 19.8. The van der Waals surface area contributed by atoms with Gasteiger partial charge >= 0.3 is 11.9 Å². The van der Waals surface area contributed by atoms with Gasteiger partial charge in [0.05, 0.1) is 34.4 Å². The number of alkyl halides is 3. The zero-order valence-corrected chi connectivity index (χ0v) is 19.8. The molecule has 4 heterocycles. The largest absolute Gasteiger partial charge is 0.473 e. The van der Waals surface area contributed by atoms with E-state index in [0.717, 1.165) is 29.0 Å². The van der Waals surface area contributed by atoms with Crippen LogP contribution in [0.5, 0.6) is 17.4 Å². The van der Waals surface area contributed by atoms with Gasteiger partial charge in [0.1, 0.15) is 23.9 Å². The first-order valence-corrected chi connectivity index (χ1v) is 11.2. The predicted octanol–water partition coefficient (Wildman–Crippen LogP) is 2.86. The summed E-state index contributed by atoms with van der Waals surface area (Å²) in [4.78, 5) is 21.6. The van der Waals surface area contributed by atoms with E-state index in [1.807, 2.05) is 4.90 Å². The van der Waals surface area contributed by atoms with Crippen molar-refractivity contribution >= 4 is 21.5 Å². The first-order valence-electron chi connectivity index (χ1n) is 11.2. The molecule has 2 aliphatic rings. The normalized spacial score (nSPS) is 20.1. The minimum atomic E-state index is -4.76. The third-order valence-corrected chi connectivity index (χ3v) is 6.51. The minimum absolute atomic E-state index is 0.00340. The monoisotopic (exact) mass is 530 g/mol. The molecular formula is C23H17B2F5N4O4. The number of hydrogen-bond acceptors (Lipinski definition) is 7. The molecule has 5 rings (SSSR count). The third-order valence-electron chi connectivity index (χ3n) is 6.51. The molecule has 0 aliphatic carbocycles. The molecule has 8 nitrogen and oxygen atoms in total. The van der Waals surface area contributed by atoms with E-state index in [4.69, 9.17) is 29.9 Å². The molecule has 1 atom stereocenters. The van der Waals surface area contributed by atoms with Crippen molar-refractivity contribution in [2.24, 2.45) is 0 Å². The van der Waals surface area contributed by atoms with Gasteiger partial charge in [0.25, 0.3) is 0 Å². The second-order valence-corrected chi connectivity index (χ2v) is 9.03. The lowest BCUT2D eigenvalue weighted by molar-refractivity contribution is -0.141. The van der Waals surface area contributed by atoms with Crippen molar-refractivity contribution in [3.05, 3.63) is 69.9 Å². The summed E-state index contributed by atoms with van der Waals surface area (Å²) in [6, 6.07) is 4.76. The molecule has 1 aromatic carbocycles. The van der Waals surface area contributed by atoms with Crippen LogP contribution in [0.3, 0.4) is 0 Å². The maximum absolute atomic E-state index is 14.6. The van der Waals surface area contributed by atoms with Crippen molar-refractivity contribution in [3.8, 4) is 17.4 Å². The van der Waals surface area contributed by atoms with Crippen LogP contribution in [0.1, 0.15) is 18.2 Å². The number of aromatic nitrogens is 3.